The standard InChI is InChI=1S/C19H29N3O4S/c1-12(2)16(20)18(24)21-14(9-10-27-3)17(23)22-15(19(25)26)11-13-7-5-4-6-8-13/h4-8,12,14-16H,9-11,20H2,1-3H3,(H,21,24)(H,22,23)(H,25,26)/t14-,15-,16-/m0/s1. The number of rotatable bonds is 11. The highest BCUT2D eigenvalue weighted by atomic mass is 32.2. The Morgan fingerprint density at radius 2 is 1.67 bits per heavy atom. The number of aliphatic carboxylic acids is 1. The molecule has 8 heteroatoms. The largest absolute Gasteiger partial charge is 0.480 e. The highest BCUT2D eigenvalue weighted by Gasteiger charge is 2.28. The van der Waals surface area contributed by atoms with E-state index >= 15 is 0 Å². The van der Waals surface area contributed by atoms with E-state index in [0.717, 1.165) is 5.56 Å². The molecule has 1 rings (SSSR count). The molecular weight excluding hydrogens is 366 g/mol. The van der Waals surface area contributed by atoms with Gasteiger partial charge in [0.25, 0.3) is 0 Å². The molecule has 0 spiro atoms. The molecular formula is C19H29N3O4S. The van der Waals surface area contributed by atoms with Gasteiger partial charge in [-0.2, -0.15) is 11.8 Å². The lowest BCUT2D eigenvalue weighted by Gasteiger charge is -2.23. The van der Waals surface area contributed by atoms with Gasteiger partial charge in [0.15, 0.2) is 0 Å². The van der Waals surface area contributed by atoms with E-state index in [-0.39, 0.29) is 12.3 Å². The molecule has 3 atom stereocenters. The smallest absolute Gasteiger partial charge is 0.326 e. The quantitative estimate of drug-likeness (QED) is 0.444. The van der Waals surface area contributed by atoms with Gasteiger partial charge in [-0.25, -0.2) is 4.79 Å². The summed E-state index contributed by atoms with van der Waals surface area (Å²) in [6, 6.07) is 6.43. The van der Waals surface area contributed by atoms with Crippen LogP contribution in [0.15, 0.2) is 30.3 Å². The van der Waals surface area contributed by atoms with E-state index in [1.165, 1.54) is 11.8 Å². The summed E-state index contributed by atoms with van der Waals surface area (Å²) >= 11 is 1.54. The van der Waals surface area contributed by atoms with Crippen LogP contribution in [-0.4, -0.2) is 53.0 Å². The lowest BCUT2D eigenvalue weighted by Crippen LogP contribution is -2.55. The molecule has 0 saturated heterocycles. The predicted octanol–water partition coefficient (Wildman–Crippen LogP) is 1.02. The average molecular weight is 396 g/mol. The topological polar surface area (TPSA) is 122 Å². The number of benzene rings is 1. The van der Waals surface area contributed by atoms with Crippen molar-refractivity contribution in [2.45, 2.75) is 44.8 Å². The summed E-state index contributed by atoms with van der Waals surface area (Å²) in [5.41, 5.74) is 6.65. The van der Waals surface area contributed by atoms with Crippen molar-refractivity contribution in [2.75, 3.05) is 12.0 Å². The third-order valence-electron chi connectivity index (χ3n) is 4.16. The summed E-state index contributed by atoms with van der Waals surface area (Å²) in [7, 11) is 0. The van der Waals surface area contributed by atoms with E-state index in [9.17, 15) is 19.5 Å². The number of hydrogen-bond donors (Lipinski definition) is 4. The Balaban J connectivity index is 2.82. The van der Waals surface area contributed by atoms with Crippen LogP contribution in [0.4, 0.5) is 0 Å². The van der Waals surface area contributed by atoms with Crippen molar-refractivity contribution in [3.05, 3.63) is 35.9 Å². The third-order valence-corrected chi connectivity index (χ3v) is 4.81. The van der Waals surface area contributed by atoms with Crippen LogP contribution in [0.25, 0.3) is 0 Å². The van der Waals surface area contributed by atoms with E-state index < -0.39 is 35.9 Å². The van der Waals surface area contributed by atoms with Crippen molar-refractivity contribution in [1.82, 2.24) is 10.6 Å². The molecule has 7 nitrogen and oxygen atoms in total. The van der Waals surface area contributed by atoms with Gasteiger partial charge in [-0.3, -0.25) is 9.59 Å². The molecule has 150 valence electrons. The molecule has 0 radical (unpaired) electrons. The van der Waals surface area contributed by atoms with E-state index in [4.69, 9.17) is 5.73 Å². The number of nitrogens with two attached hydrogens (primary N) is 1. The Bertz CT molecular complexity index is 625. The third kappa shape index (κ3) is 8.01. The Morgan fingerprint density at radius 3 is 2.19 bits per heavy atom. The van der Waals surface area contributed by atoms with Crippen LogP contribution >= 0.6 is 11.8 Å². The van der Waals surface area contributed by atoms with E-state index in [2.05, 4.69) is 10.6 Å². The summed E-state index contributed by atoms with van der Waals surface area (Å²) in [5, 5.41) is 14.7. The molecule has 0 heterocycles. The summed E-state index contributed by atoms with van der Waals surface area (Å²) in [5.74, 6) is -1.48. The SMILES string of the molecule is CSCC[C@H](NC(=O)[C@@H](N)C(C)C)C(=O)N[C@@H](Cc1ccccc1)C(=O)O. The van der Waals surface area contributed by atoms with Crippen molar-refractivity contribution < 1.29 is 19.5 Å². The van der Waals surface area contributed by atoms with E-state index in [1.807, 2.05) is 38.3 Å². The summed E-state index contributed by atoms with van der Waals surface area (Å²) in [4.78, 5) is 36.4. The zero-order valence-corrected chi connectivity index (χ0v) is 16.8. The van der Waals surface area contributed by atoms with Crippen LogP contribution in [0.2, 0.25) is 0 Å². The van der Waals surface area contributed by atoms with Crippen LogP contribution in [0.3, 0.4) is 0 Å². The molecule has 0 unspecified atom stereocenters. The van der Waals surface area contributed by atoms with Gasteiger partial charge in [-0.15, -0.1) is 0 Å². The maximum atomic E-state index is 12.6. The number of amides is 2. The maximum absolute atomic E-state index is 12.6. The second kappa shape index (κ2) is 11.6. The van der Waals surface area contributed by atoms with Gasteiger partial charge in [0, 0.05) is 6.42 Å². The maximum Gasteiger partial charge on any atom is 0.326 e. The lowest BCUT2D eigenvalue weighted by molar-refractivity contribution is -0.142. The van der Waals surface area contributed by atoms with Crippen molar-refractivity contribution in [3.63, 3.8) is 0 Å². The van der Waals surface area contributed by atoms with Gasteiger partial charge in [0.1, 0.15) is 12.1 Å². The number of carboxylic acid groups (broad SMARTS) is 1. The number of nitrogens with one attached hydrogen (secondary N) is 2. The minimum Gasteiger partial charge on any atom is -0.480 e. The molecule has 2 amide bonds. The Hall–Kier alpha value is -2.06. The summed E-state index contributed by atoms with van der Waals surface area (Å²) < 4.78 is 0. The average Bonchev–Trinajstić information content (AvgIpc) is 2.64. The first-order valence-corrected chi connectivity index (χ1v) is 10.3. The molecule has 0 aliphatic carbocycles. The molecule has 5 N–H and O–H groups in total. The van der Waals surface area contributed by atoms with Gasteiger partial charge in [0.2, 0.25) is 11.8 Å². The monoisotopic (exact) mass is 395 g/mol. The minimum absolute atomic E-state index is 0.0703. The van der Waals surface area contributed by atoms with Crippen molar-refractivity contribution in [1.29, 1.82) is 0 Å². The van der Waals surface area contributed by atoms with Crippen LogP contribution in [0, 0.1) is 5.92 Å². The van der Waals surface area contributed by atoms with Gasteiger partial charge in [-0.1, -0.05) is 44.2 Å². The highest BCUT2D eigenvalue weighted by Crippen LogP contribution is 2.07. The number of thioether (sulfide) groups is 1. The van der Waals surface area contributed by atoms with Gasteiger partial charge >= 0.3 is 5.97 Å². The number of carbonyl (C=O) groups excluding carboxylic acids is 2. The Kier molecular flexibility index (Phi) is 9.88. The minimum atomic E-state index is -1.12. The predicted molar refractivity (Wildman–Crippen MR) is 107 cm³/mol. The van der Waals surface area contributed by atoms with E-state index in [0.29, 0.717) is 12.2 Å². The fraction of sp³-hybridized carbons (Fsp3) is 0.526. The molecule has 0 bridgehead atoms. The molecule has 27 heavy (non-hydrogen) atoms. The molecule has 1 aromatic carbocycles. The van der Waals surface area contributed by atoms with Crippen LogP contribution in [0.5, 0.6) is 0 Å². The van der Waals surface area contributed by atoms with E-state index in [1.54, 1.807) is 12.1 Å². The molecule has 0 aliphatic heterocycles. The van der Waals surface area contributed by atoms with Gasteiger partial charge in [0.05, 0.1) is 6.04 Å². The van der Waals surface area contributed by atoms with Crippen LogP contribution in [0.1, 0.15) is 25.8 Å². The van der Waals surface area contributed by atoms with Crippen molar-refractivity contribution >= 4 is 29.5 Å². The Labute approximate surface area is 164 Å². The molecule has 0 aromatic heterocycles. The zero-order valence-electron chi connectivity index (χ0n) is 16.0. The number of hydrogen-bond acceptors (Lipinski definition) is 5. The summed E-state index contributed by atoms with van der Waals surface area (Å²) in [6.07, 6.45) is 2.45. The first-order chi connectivity index (χ1) is 12.8. The second-order valence-electron chi connectivity index (χ2n) is 6.70. The first kappa shape index (κ1) is 23.0. The first-order valence-electron chi connectivity index (χ1n) is 8.88. The highest BCUT2D eigenvalue weighted by molar-refractivity contribution is 7.98. The summed E-state index contributed by atoms with van der Waals surface area (Å²) in [6.45, 7) is 3.64. The van der Waals surface area contributed by atoms with Gasteiger partial charge in [-0.05, 0) is 29.9 Å². The normalized spacial score (nSPS) is 14.3. The van der Waals surface area contributed by atoms with Gasteiger partial charge < -0.3 is 21.5 Å². The van der Waals surface area contributed by atoms with Crippen LogP contribution < -0.4 is 16.4 Å². The lowest BCUT2D eigenvalue weighted by atomic mass is 10.0. The molecule has 1 aromatic rings. The van der Waals surface area contributed by atoms with Crippen molar-refractivity contribution in [2.24, 2.45) is 11.7 Å². The van der Waals surface area contributed by atoms with Crippen molar-refractivity contribution in [3.8, 4) is 0 Å². The number of carbonyl (C=O) groups is 3. The zero-order chi connectivity index (χ0) is 20.4. The fourth-order valence-electron chi connectivity index (χ4n) is 2.40. The molecule has 0 aliphatic rings. The van der Waals surface area contributed by atoms with Crippen LogP contribution in [-0.2, 0) is 20.8 Å². The Morgan fingerprint density at radius 1 is 1.07 bits per heavy atom. The second-order valence-corrected chi connectivity index (χ2v) is 7.69. The number of carboxylic acids is 1. The molecule has 0 fully saturated rings. The fourth-order valence-corrected chi connectivity index (χ4v) is 2.87. The molecule has 0 saturated carbocycles.